The van der Waals surface area contributed by atoms with Gasteiger partial charge in [-0.1, -0.05) is 75.4 Å². The van der Waals surface area contributed by atoms with Crippen molar-refractivity contribution in [1.82, 2.24) is 24.2 Å². The zero-order valence-electron chi connectivity index (χ0n) is 37.7. The van der Waals surface area contributed by atoms with E-state index in [1.165, 1.54) is 6.33 Å². The average molecular weight is 885 g/mol. The fraction of sp³-hybridized carbons (Fsp3) is 0.478. The highest BCUT2D eigenvalue weighted by molar-refractivity contribution is 7.44. The minimum absolute atomic E-state index is 0.0108. The lowest BCUT2D eigenvalue weighted by molar-refractivity contribution is -0.0926. The van der Waals surface area contributed by atoms with Crippen LogP contribution in [0.3, 0.4) is 0 Å². The number of nitrogens with one attached hydrogen (secondary N) is 1. The highest BCUT2D eigenvalue weighted by Gasteiger charge is 2.54. The maximum Gasteiger partial charge on any atom is 0.278 e. The number of ether oxygens (including phenoxy) is 4. The maximum atomic E-state index is 13.0. The third-order valence-electron chi connectivity index (χ3n) is 11.7. The Hall–Kier alpha value is -4.49. The van der Waals surface area contributed by atoms with Gasteiger partial charge >= 0.3 is 0 Å². The number of rotatable bonds is 19. The van der Waals surface area contributed by atoms with Crippen molar-refractivity contribution in [2.45, 2.75) is 115 Å². The van der Waals surface area contributed by atoms with E-state index in [9.17, 15) is 10.1 Å². The summed E-state index contributed by atoms with van der Waals surface area (Å²) in [5, 5.41) is 9.36. The molecule has 0 radical (unpaired) electrons. The molecule has 3 aromatic carbocycles. The number of nitrogens with zero attached hydrogens (tertiary/aromatic N) is 5. The van der Waals surface area contributed by atoms with Crippen LogP contribution < -0.4 is 15.0 Å². The SMILES string of the molecule is COc1ccc(C(OC[C@H]2O[C@@H](n3cnc4c(=O)[nH]cnc43)C(O[Si](C)(C)C(C)(C)C)[C@@H]2OP(OCCC#N)N(C(C)C)C(C)C)(c2ccccc2)c2ccc(OC)cc2)cc1. The summed E-state index contributed by atoms with van der Waals surface area (Å²) in [6, 6.07) is 28.1. The molecule has 2 aromatic heterocycles. The summed E-state index contributed by atoms with van der Waals surface area (Å²) >= 11 is 0. The molecule has 1 aliphatic heterocycles. The van der Waals surface area contributed by atoms with Crippen LogP contribution in [0, 0.1) is 11.3 Å². The molecular weight excluding hydrogens is 824 g/mol. The summed E-state index contributed by atoms with van der Waals surface area (Å²) in [6.45, 7) is 19.5. The van der Waals surface area contributed by atoms with E-state index >= 15 is 0 Å². The normalized spacial score (nSPS) is 19.0. The van der Waals surface area contributed by atoms with Gasteiger partial charge in [0.1, 0.15) is 35.4 Å². The average Bonchev–Trinajstić information content (AvgIpc) is 3.82. The van der Waals surface area contributed by atoms with Gasteiger partial charge < -0.3 is 37.4 Å². The predicted molar refractivity (Wildman–Crippen MR) is 242 cm³/mol. The first-order valence-corrected chi connectivity index (χ1v) is 25.1. The third kappa shape index (κ3) is 9.83. The van der Waals surface area contributed by atoms with Gasteiger partial charge in [-0.25, -0.2) is 14.6 Å². The van der Waals surface area contributed by atoms with Gasteiger partial charge in [0.05, 0.1) is 52.6 Å². The summed E-state index contributed by atoms with van der Waals surface area (Å²) in [5.74, 6) is 1.41. The Morgan fingerprint density at radius 1 is 0.887 bits per heavy atom. The van der Waals surface area contributed by atoms with Crippen LogP contribution in [-0.2, 0) is 28.5 Å². The molecule has 5 aromatic rings. The van der Waals surface area contributed by atoms with E-state index in [0.29, 0.717) is 17.1 Å². The van der Waals surface area contributed by atoms with Crippen LogP contribution in [0.4, 0.5) is 0 Å². The van der Waals surface area contributed by atoms with Gasteiger partial charge in [-0.05, 0) is 86.8 Å². The van der Waals surface area contributed by atoms with Crippen molar-refractivity contribution < 1.29 is 32.4 Å². The highest BCUT2D eigenvalue weighted by atomic mass is 31.2. The summed E-state index contributed by atoms with van der Waals surface area (Å²) in [7, 11) is -1.10. The number of aromatic nitrogens is 4. The summed E-state index contributed by atoms with van der Waals surface area (Å²) in [5.41, 5.74) is 1.57. The number of H-pyrrole nitrogens is 1. The van der Waals surface area contributed by atoms with E-state index in [4.69, 9.17) is 32.4 Å². The molecule has 6 rings (SSSR count). The first-order valence-electron chi connectivity index (χ1n) is 21.0. The molecule has 14 nitrogen and oxygen atoms in total. The van der Waals surface area contributed by atoms with Crippen molar-refractivity contribution in [2.75, 3.05) is 27.4 Å². The molecule has 0 bridgehead atoms. The van der Waals surface area contributed by atoms with Crippen molar-refractivity contribution >= 4 is 28.0 Å². The van der Waals surface area contributed by atoms with Crippen LogP contribution in [0.5, 0.6) is 11.5 Å². The van der Waals surface area contributed by atoms with Gasteiger partial charge in [0.25, 0.3) is 14.1 Å². The smallest absolute Gasteiger partial charge is 0.278 e. The zero-order chi connectivity index (χ0) is 44.8. The van der Waals surface area contributed by atoms with E-state index in [0.717, 1.165) is 16.7 Å². The Morgan fingerprint density at radius 2 is 1.47 bits per heavy atom. The van der Waals surface area contributed by atoms with Crippen LogP contribution >= 0.6 is 8.53 Å². The number of hydrogen-bond donors (Lipinski definition) is 1. The van der Waals surface area contributed by atoms with E-state index in [1.54, 1.807) is 25.1 Å². The fourth-order valence-electron chi connectivity index (χ4n) is 7.57. The fourth-order valence-corrected chi connectivity index (χ4v) is 10.6. The molecule has 5 atom stereocenters. The van der Waals surface area contributed by atoms with Crippen molar-refractivity contribution in [3.8, 4) is 17.6 Å². The number of aromatic amines is 1. The Bertz CT molecular complexity index is 2260. The molecule has 2 unspecified atom stereocenters. The third-order valence-corrected chi connectivity index (χ3v) is 18.3. The van der Waals surface area contributed by atoms with Crippen LogP contribution in [0.15, 0.2) is 96.3 Å². The molecule has 62 heavy (non-hydrogen) atoms. The van der Waals surface area contributed by atoms with Gasteiger partial charge in [-0.3, -0.25) is 9.36 Å². The molecule has 332 valence electrons. The Balaban J connectivity index is 1.56. The number of nitriles is 1. The second-order valence-corrected chi connectivity index (χ2v) is 23.6. The van der Waals surface area contributed by atoms with Crippen LogP contribution in [0.2, 0.25) is 18.1 Å². The molecule has 0 spiro atoms. The lowest BCUT2D eigenvalue weighted by Gasteiger charge is -2.42. The second-order valence-electron chi connectivity index (χ2n) is 17.4. The summed E-state index contributed by atoms with van der Waals surface area (Å²) < 4.78 is 51.1. The second kappa shape index (κ2) is 19.9. The van der Waals surface area contributed by atoms with E-state index in [1.807, 2.05) is 66.7 Å². The predicted octanol–water partition coefficient (Wildman–Crippen LogP) is 9.09. The molecule has 0 amide bonds. The first-order chi connectivity index (χ1) is 29.6. The molecular formula is C46H61N6O8PSi. The van der Waals surface area contributed by atoms with E-state index in [-0.39, 0.29) is 47.8 Å². The number of imidazole rings is 1. The van der Waals surface area contributed by atoms with Crippen LogP contribution in [0.25, 0.3) is 11.2 Å². The summed E-state index contributed by atoms with van der Waals surface area (Å²) in [6.07, 6.45) is -0.0407. The van der Waals surface area contributed by atoms with Crippen LogP contribution in [0.1, 0.15) is 77.8 Å². The minimum atomic E-state index is -2.60. The topological polar surface area (TPSA) is 155 Å². The van der Waals surface area contributed by atoms with Gasteiger partial charge in [0.2, 0.25) is 0 Å². The largest absolute Gasteiger partial charge is 0.497 e. The van der Waals surface area contributed by atoms with E-state index < -0.39 is 47.0 Å². The molecule has 1 saturated heterocycles. The molecule has 16 heteroatoms. The Morgan fingerprint density at radius 3 is 2.00 bits per heavy atom. The first kappa shape index (κ1) is 47.0. The molecule has 1 N–H and O–H groups in total. The standard InChI is InChI=1S/C46H61N6O8PSi/c1-31(2)52(32(3)4)61(57-27-15-26-47)59-40-38(58-44(41(40)60-62(10,11)45(5,6)7)51-30-50-39-42(51)48-29-49-43(39)53)28-56-46(33-16-13-12-14-17-33,34-18-22-36(54-8)23-19-34)35-20-24-37(55-9)25-21-35/h12-14,16-25,29-32,38,40-41,44H,15,27-28H2,1-11H3,(H,48,49,53)/t38-,40-,41?,44-,61?/m1/s1. The number of hydrogen-bond acceptors (Lipinski definition) is 12. The lowest BCUT2D eigenvalue weighted by atomic mass is 9.80. The zero-order valence-corrected chi connectivity index (χ0v) is 39.6. The van der Waals surface area contributed by atoms with Crippen molar-refractivity contribution in [2.24, 2.45) is 0 Å². The molecule has 0 saturated carbocycles. The van der Waals surface area contributed by atoms with Gasteiger partial charge in [-0.15, -0.1) is 0 Å². The van der Waals surface area contributed by atoms with E-state index in [2.05, 4.69) is 99.4 Å². The minimum Gasteiger partial charge on any atom is -0.497 e. The van der Waals surface area contributed by atoms with Crippen molar-refractivity contribution in [1.29, 1.82) is 5.26 Å². The number of fused-ring (bicyclic) bond motifs is 1. The van der Waals surface area contributed by atoms with Crippen LogP contribution in [-0.4, -0.2) is 90.3 Å². The van der Waals surface area contributed by atoms with Crippen molar-refractivity contribution in [3.05, 3.63) is 119 Å². The van der Waals surface area contributed by atoms with Gasteiger partial charge in [-0.2, -0.15) is 5.26 Å². The number of methoxy groups -OCH3 is 2. The molecule has 1 aliphatic rings. The maximum absolute atomic E-state index is 13.0. The Labute approximate surface area is 367 Å². The molecule has 1 fully saturated rings. The van der Waals surface area contributed by atoms with Crippen molar-refractivity contribution in [3.63, 3.8) is 0 Å². The summed E-state index contributed by atoms with van der Waals surface area (Å²) in [4.78, 5) is 24.7. The highest BCUT2D eigenvalue weighted by Crippen LogP contribution is 2.53. The lowest BCUT2D eigenvalue weighted by Crippen LogP contribution is -2.50. The molecule has 0 aliphatic carbocycles. The monoisotopic (exact) mass is 884 g/mol. The number of benzene rings is 3. The van der Waals surface area contributed by atoms with Gasteiger partial charge in [0, 0.05) is 12.1 Å². The Kier molecular flexibility index (Phi) is 15.1. The molecule has 3 heterocycles. The van der Waals surface area contributed by atoms with Gasteiger partial charge in [0.15, 0.2) is 25.7 Å². The quantitative estimate of drug-likeness (QED) is 0.0364.